The molecule has 1 amide bonds. The van der Waals surface area contributed by atoms with Gasteiger partial charge in [-0.2, -0.15) is 0 Å². The standard InChI is InChI=1S/C22H21NO6/c1-4-28-20(26)19(25)23-21-16-10-9-13(12(2)3)11-17(16)29-22(21,27)15-8-6-5-7-14(15)18(21)24/h5-12,27H,4H2,1-3H3,(H,23,25). The monoisotopic (exact) mass is 395 g/mol. The van der Waals surface area contributed by atoms with Crippen molar-refractivity contribution in [2.75, 3.05) is 6.61 Å². The van der Waals surface area contributed by atoms with Crippen LogP contribution in [-0.4, -0.2) is 29.4 Å². The second kappa shape index (κ2) is 6.42. The summed E-state index contributed by atoms with van der Waals surface area (Å²) < 4.78 is 10.7. The zero-order chi connectivity index (χ0) is 21.0. The molecule has 4 rings (SSSR count). The molecule has 150 valence electrons. The number of amides is 1. The molecule has 0 saturated heterocycles. The summed E-state index contributed by atoms with van der Waals surface area (Å²) in [6, 6.07) is 11.7. The van der Waals surface area contributed by atoms with Crippen molar-refractivity contribution in [2.24, 2.45) is 0 Å². The molecule has 0 bridgehead atoms. The van der Waals surface area contributed by atoms with Crippen LogP contribution in [0.4, 0.5) is 0 Å². The predicted molar refractivity (Wildman–Crippen MR) is 102 cm³/mol. The molecule has 0 spiro atoms. The Morgan fingerprint density at radius 2 is 1.90 bits per heavy atom. The van der Waals surface area contributed by atoms with Crippen molar-refractivity contribution < 1.29 is 29.0 Å². The van der Waals surface area contributed by atoms with Crippen LogP contribution in [0.5, 0.6) is 5.75 Å². The third-order valence-corrected chi connectivity index (χ3v) is 5.48. The lowest BCUT2D eigenvalue weighted by Gasteiger charge is -2.34. The molecule has 0 saturated carbocycles. The molecule has 2 aromatic carbocycles. The van der Waals surface area contributed by atoms with Crippen molar-refractivity contribution in [2.45, 2.75) is 38.0 Å². The van der Waals surface area contributed by atoms with Crippen LogP contribution in [0.3, 0.4) is 0 Å². The smallest absolute Gasteiger partial charge is 0.396 e. The largest absolute Gasteiger partial charge is 0.459 e. The van der Waals surface area contributed by atoms with Crippen molar-refractivity contribution in [3.8, 4) is 5.75 Å². The molecule has 1 aliphatic carbocycles. The highest BCUT2D eigenvalue weighted by Gasteiger charge is 2.71. The molecule has 2 aromatic rings. The van der Waals surface area contributed by atoms with E-state index in [9.17, 15) is 19.5 Å². The Labute approximate surface area is 167 Å². The Balaban J connectivity index is 1.92. The van der Waals surface area contributed by atoms with Crippen molar-refractivity contribution in [3.05, 3.63) is 64.7 Å². The fraction of sp³-hybridized carbons (Fsp3) is 0.318. The molecule has 0 fully saturated rings. The van der Waals surface area contributed by atoms with Crippen LogP contribution in [0.25, 0.3) is 0 Å². The van der Waals surface area contributed by atoms with Gasteiger partial charge in [0.25, 0.3) is 5.79 Å². The maximum absolute atomic E-state index is 13.5. The maximum Gasteiger partial charge on any atom is 0.396 e. The lowest BCUT2D eigenvalue weighted by atomic mass is 9.82. The summed E-state index contributed by atoms with van der Waals surface area (Å²) in [4.78, 5) is 38.0. The Kier molecular flexibility index (Phi) is 4.24. The van der Waals surface area contributed by atoms with Gasteiger partial charge < -0.3 is 19.9 Å². The predicted octanol–water partition coefficient (Wildman–Crippen LogP) is 2.12. The number of fused-ring (bicyclic) bond motifs is 5. The van der Waals surface area contributed by atoms with Gasteiger partial charge in [-0.25, -0.2) is 4.79 Å². The number of carbonyl (C=O) groups is 3. The summed E-state index contributed by atoms with van der Waals surface area (Å²) in [6.45, 7) is 5.58. The van der Waals surface area contributed by atoms with Crippen LogP contribution >= 0.6 is 0 Å². The van der Waals surface area contributed by atoms with Crippen molar-refractivity contribution in [1.82, 2.24) is 5.32 Å². The first-order valence-electron chi connectivity index (χ1n) is 9.45. The second-order valence-electron chi connectivity index (χ2n) is 7.46. The topological polar surface area (TPSA) is 102 Å². The SMILES string of the molecule is CCOC(=O)C(=O)NC12C(=O)c3ccccc3C1(O)Oc1cc(C(C)C)ccc12. The van der Waals surface area contributed by atoms with Gasteiger partial charge in [0.05, 0.1) is 6.61 Å². The lowest BCUT2D eigenvalue weighted by Crippen LogP contribution is -2.61. The van der Waals surface area contributed by atoms with E-state index >= 15 is 0 Å². The molecular formula is C22H21NO6. The summed E-state index contributed by atoms with van der Waals surface area (Å²) >= 11 is 0. The number of nitrogens with one attached hydrogen (secondary N) is 1. The zero-order valence-electron chi connectivity index (χ0n) is 16.3. The molecule has 7 nitrogen and oxygen atoms in total. The second-order valence-corrected chi connectivity index (χ2v) is 7.46. The van der Waals surface area contributed by atoms with Gasteiger partial charge >= 0.3 is 11.9 Å². The highest BCUT2D eigenvalue weighted by Crippen LogP contribution is 2.58. The summed E-state index contributed by atoms with van der Waals surface area (Å²) in [7, 11) is 0. The number of benzene rings is 2. The molecule has 2 unspecified atom stereocenters. The summed E-state index contributed by atoms with van der Waals surface area (Å²) in [6.07, 6.45) is 0. The van der Waals surface area contributed by atoms with E-state index in [4.69, 9.17) is 9.47 Å². The first-order chi connectivity index (χ1) is 13.8. The fourth-order valence-electron chi connectivity index (χ4n) is 4.05. The molecule has 2 N–H and O–H groups in total. The minimum Gasteiger partial charge on any atom is -0.459 e. The highest BCUT2D eigenvalue weighted by molar-refractivity contribution is 6.33. The van der Waals surface area contributed by atoms with Gasteiger partial charge in [0.1, 0.15) is 5.75 Å². The molecule has 2 atom stereocenters. The Morgan fingerprint density at radius 1 is 1.17 bits per heavy atom. The summed E-state index contributed by atoms with van der Waals surface area (Å²) in [5, 5.41) is 14.0. The van der Waals surface area contributed by atoms with E-state index in [1.54, 1.807) is 43.3 Å². The first kappa shape index (κ1) is 19.1. The van der Waals surface area contributed by atoms with Gasteiger partial charge in [0.15, 0.2) is 0 Å². The summed E-state index contributed by atoms with van der Waals surface area (Å²) in [5.41, 5.74) is -0.289. The van der Waals surface area contributed by atoms with E-state index in [1.807, 2.05) is 19.9 Å². The van der Waals surface area contributed by atoms with E-state index in [0.29, 0.717) is 5.56 Å². The molecule has 2 aliphatic rings. The number of ether oxygens (including phenoxy) is 2. The van der Waals surface area contributed by atoms with E-state index in [-0.39, 0.29) is 29.4 Å². The van der Waals surface area contributed by atoms with Crippen LogP contribution in [0.15, 0.2) is 42.5 Å². The molecule has 0 radical (unpaired) electrons. The molecule has 1 heterocycles. The fourth-order valence-corrected chi connectivity index (χ4v) is 4.05. The van der Waals surface area contributed by atoms with Gasteiger partial charge in [-0.3, -0.25) is 9.59 Å². The number of aliphatic hydroxyl groups is 1. The van der Waals surface area contributed by atoms with Gasteiger partial charge in [-0.15, -0.1) is 0 Å². The molecule has 1 aliphatic heterocycles. The van der Waals surface area contributed by atoms with Gasteiger partial charge in [-0.05, 0) is 24.5 Å². The third kappa shape index (κ3) is 2.43. The van der Waals surface area contributed by atoms with Crippen molar-refractivity contribution >= 4 is 17.7 Å². The minimum atomic E-state index is -2.18. The molecule has 29 heavy (non-hydrogen) atoms. The number of hydrogen-bond donors (Lipinski definition) is 2. The average molecular weight is 395 g/mol. The average Bonchev–Trinajstić information content (AvgIpc) is 3.05. The van der Waals surface area contributed by atoms with E-state index in [2.05, 4.69) is 5.32 Å². The number of ketones is 1. The van der Waals surface area contributed by atoms with Crippen LogP contribution in [0.1, 0.15) is 53.7 Å². The molecule has 0 aromatic heterocycles. The number of Topliss-reactive ketones (excluding diaryl/α,β-unsaturated/α-hetero) is 1. The van der Waals surface area contributed by atoms with E-state index in [0.717, 1.165) is 5.56 Å². The normalized spacial score (nSPS) is 23.8. The van der Waals surface area contributed by atoms with Gasteiger partial charge in [0, 0.05) is 16.7 Å². The number of esters is 1. The highest BCUT2D eigenvalue weighted by atomic mass is 16.6. The number of carbonyl (C=O) groups excluding carboxylic acids is 3. The molecular weight excluding hydrogens is 374 g/mol. The number of hydrogen-bond acceptors (Lipinski definition) is 6. The lowest BCUT2D eigenvalue weighted by molar-refractivity contribution is -0.178. The maximum atomic E-state index is 13.5. The zero-order valence-corrected chi connectivity index (χ0v) is 16.3. The van der Waals surface area contributed by atoms with E-state index < -0.39 is 29.0 Å². The van der Waals surface area contributed by atoms with Crippen LogP contribution in [0.2, 0.25) is 0 Å². The van der Waals surface area contributed by atoms with Crippen molar-refractivity contribution in [1.29, 1.82) is 0 Å². The minimum absolute atomic E-state index is 0.00251. The quantitative estimate of drug-likeness (QED) is 0.610. The Morgan fingerprint density at radius 3 is 2.59 bits per heavy atom. The van der Waals surface area contributed by atoms with E-state index in [1.165, 1.54) is 0 Å². The van der Waals surface area contributed by atoms with Crippen LogP contribution in [0, 0.1) is 0 Å². The van der Waals surface area contributed by atoms with Crippen LogP contribution in [-0.2, 0) is 25.7 Å². The molecule has 7 heteroatoms. The van der Waals surface area contributed by atoms with Crippen molar-refractivity contribution in [3.63, 3.8) is 0 Å². The Bertz CT molecular complexity index is 1050. The Hall–Kier alpha value is -3.19. The number of rotatable bonds is 3. The van der Waals surface area contributed by atoms with Crippen LogP contribution < -0.4 is 10.1 Å². The first-order valence-corrected chi connectivity index (χ1v) is 9.45. The third-order valence-electron chi connectivity index (χ3n) is 5.48. The van der Waals surface area contributed by atoms with Gasteiger partial charge in [0.2, 0.25) is 11.3 Å². The summed E-state index contributed by atoms with van der Waals surface area (Å²) in [5.74, 6) is -4.53. The van der Waals surface area contributed by atoms with Gasteiger partial charge in [-0.1, -0.05) is 50.2 Å².